The highest BCUT2D eigenvalue weighted by atomic mass is 79.9. The molecule has 0 bridgehead atoms. The standard InChI is InChI=1S/C19H18BrClN2O2/c1-12(18-9-13-5-3-4-6-17(13)25-18)23(2)11-19(24)22-16-8-7-14(20)10-15(16)21/h3-10,12H,11H2,1-2H3,(H,22,24). The predicted octanol–water partition coefficient (Wildman–Crippen LogP) is 5.48. The number of hydrogen-bond acceptors (Lipinski definition) is 3. The quantitative estimate of drug-likeness (QED) is 0.593. The van der Waals surface area contributed by atoms with Crippen molar-refractivity contribution < 1.29 is 9.21 Å². The van der Waals surface area contributed by atoms with Crippen LogP contribution in [0.15, 0.2) is 57.4 Å². The second kappa shape index (κ2) is 7.60. The van der Waals surface area contributed by atoms with Crippen molar-refractivity contribution in [3.63, 3.8) is 0 Å². The van der Waals surface area contributed by atoms with Crippen molar-refractivity contribution in [2.24, 2.45) is 0 Å². The Kier molecular flexibility index (Phi) is 5.47. The SMILES string of the molecule is CC(c1cc2ccccc2o1)N(C)CC(=O)Nc1ccc(Br)cc1Cl. The van der Waals surface area contributed by atoms with Crippen LogP contribution in [-0.2, 0) is 4.79 Å². The molecule has 0 aliphatic rings. The molecule has 0 fully saturated rings. The highest BCUT2D eigenvalue weighted by Gasteiger charge is 2.19. The number of benzene rings is 2. The van der Waals surface area contributed by atoms with E-state index in [-0.39, 0.29) is 18.5 Å². The van der Waals surface area contributed by atoms with Gasteiger partial charge in [-0.25, -0.2) is 0 Å². The van der Waals surface area contributed by atoms with Gasteiger partial charge in [-0.15, -0.1) is 0 Å². The largest absolute Gasteiger partial charge is 0.459 e. The third-order valence-corrected chi connectivity index (χ3v) is 4.92. The predicted molar refractivity (Wildman–Crippen MR) is 105 cm³/mol. The van der Waals surface area contributed by atoms with Crippen LogP contribution in [-0.4, -0.2) is 24.4 Å². The van der Waals surface area contributed by atoms with Gasteiger partial charge in [0.1, 0.15) is 11.3 Å². The molecule has 0 radical (unpaired) electrons. The molecular formula is C19H18BrClN2O2. The van der Waals surface area contributed by atoms with Crippen LogP contribution in [0.2, 0.25) is 5.02 Å². The summed E-state index contributed by atoms with van der Waals surface area (Å²) in [6.45, 7) is 2.24. The molecule has 0 saturated heterocycles. The first kappa shape index (κ1) is 18.0. The fraction of sp³-hybridized carbons (Fsp3) is 0.211. The lowest BCUT2D eigenvalue weighted by atomic mass is 10.2. The number of likely N-dealkylation sites (N-methyl/N-ethyl adjacent to an activating group) is 1. The maximum absolute atomic E-state index is 12.3. The molecule has 1 unspecified atom stereocenters. The molecule has 2 aromatic carbocycles. The van der Waals surface area contributed by atoms with Gasteiger partial charge in [-0.05, 0) is 44.3 Å². The molecule has 130 valence electrons. The molecule has 1 aromatic heterocycles. The van der Waals surface area contributed by atoms with Gasteiger partial charge in [0.15, 0.2) is 0 Å². The number of amides is 1. The molecule has 3 aromatic rings. The van der Waals surface area contributed by atoms with Gasteiger partial charge in [0.05, 0.1) is 23.3 Å². The lowest BCUT2D eigenvalue weighted by molar-refractivity contribution is -0.117. The van der Waals surface area contributed by atoms with Crippen molar-refractivity contribution in [1.82, 2.24) is 4.90 Å². The molecule has 1 heterocycles. The lowest BCUT2D eigenvalue weighted by Crippen LogP contribution is -2.32. The summed E-state index contributed by atoms with van der Waals surface area (Å²) in [6.07, 6.45) is 0. The number of para-hydroxylation sites is 1. The van der Waals surface area contributed by atoms with E-state index in [1.54, 1.807) is 12.1 Å². The Morgan fingerprint density at radius 2 is 2.04 bits per heavy atom. The Hall–Kier alpha value is -1.82. The maximum Gasteiger partial charge on any atom is 0.238 e. The highest BCUT2D eigenvalue weighted by molar-refractivity contribution is 9.10. The first-order valence-corrected chi connectivity index (χ1v) is 9.05. The summed E-state index contributed by atoms with van der Waals surface area (Å²) in [7, 11) is 1.89. The van der Waals surface area contributed by atoms with Crippen molar-refractivity contribution in [2.45, 2.75) is 13.0 Å². The average molecular weight is 422 g/mol. The molecule has 3 rings (SSSR count). The number of carbonyl (C=O) groups excluding carboxylic acids is 1. The van der Waals surface area contributed by atoms with Crippen molar-refractivity contribution in [3.8, 4) is 0 Å². The Balaban J connectivity index is 1.66. The van der Waals surface area contributed by atoms with Crippen LogP contribution in [0, 0.1) is 0 Å². The minimum Gasteiger partial charge on any atom is -0.459 e. The molecule has 25 heavy (non-hydrogen) atoms. The van der Waals surface area contributed by atoms with E-state index < -0.39 is 0 Å². The van der Waals surface area contributed by atoms with E-state index in [1.165, 1.54) is 0 Å². The Morgan fingerprint density at radius 1 is 1.28 bits per heavy atom. The summed E-state index contributed by atoms with van der Waals surface area (Å²) in [5.74, 6) is 0.702. The fourth-order valence-electron chi connectivity index (χ4n) is 2.57. The number of nitrogens with one attached hydrogen (secondary N) is 1. The van der Waals surface area contributed by atoms with E-state index in [0.717, 1.165) is 21.2 Å². The Labute approximate surface area is 159 Å². The number of anilines is 1. The zero-order valence-corrected chi connectivity index (χ0v) is 16.3. The minimum atomic E-state index is -0.130. The van der Waals surface area contributed by atoms with E-state index in [0.29, 0.717) is 10.7 Å². The third-order valence-electron chi connectivity index (χ3n) is 4.12. The highest BCUT2D eigenvalue weighted by Crippen LogP contribution is 2.27. The van der Waals surface area contributed by atoms with Crippen molar-refractivity contribution in [3.05, 3.63) is 63.8 Å². The van der Waals surface area contributed by atoms with Crippen molar-refractivity contribution >= 4 is 50.1 Å². The zero-order chi connectivity index (χ0) is 18.0. The number of hydrogen-bond donors (Lipinski definition) is 1. The molecule has 0 saturated carbocycles. The van der Waals surface area contributed by atoms with Crippen LogP contribution < -0.4 is 5.32 Å². The molecule has 0 aliphatic heterocycles. The third kappa shape index (κ3) is 4.24. The molecule has 6 heteroatoms. The lowest BCUT2D eigenvalue weighted by Gasteiger charge is -2.22. The van der Waals surface area contributed by atoms with Crippen LogP contribution in [0.3, 0.4) is 0 Å². The summed E-state index contributed by atoms with van der Waals surface area (Å²) in [4.78, 5) is 14.2. The van der Waals surface area contributed by atoms with Crippen LogP contribution in [0.25, 0.3) is 11.0 Å². The van der Waals surface area contributed by atoms with Gasteiger partial charge in [0.25, 0.3) is 0 Å². The first-order chi connectivity index (χ1) is 11.9. The van der Waals surface area contributed by atoms with Gasteiger partial charge < -0.3 is 9.73 Å². The summed E-state index contributed by atoms with van der Waals surface area (Å²) in [6, 6.07) is 15.2. The summed E-state index contributed by atoms with van der Waals surface area (Å²) in [5, 5.41) is 4.39. The molecule has 4 nitrogen and oxygen atoms in total. The maximum atomic E-state index is 12.3. The monoisotopic (exact) mass is 420 g/mol. The van der Waals surface area contributed by atoms with Crippen LogP contribution in [0.4, 0.5) is 5.69 Å². The normalized spacial score (nSPS) is 12.5. The van der Waals surface area contributed by atoms with Crippen molar-refractivity contribution in [2.75, 3.05) is 18.9 Å². The van der Waals surface area contributed by atoms with E-state index in [2.05, 4.69) is 21.2 Å². The molecule has 1 atom stereocenters. The summed E-state index contributed by atoms with van der Waals surface area (Å²) < 4.78 is 6.75. The van der Waals surface area contributed by atoms with E-state index >= 15 is 0 Å². The second-order valence-corrected chi connectivity index (χ2v) is 7.27. The van der Waals surface area contributed by atoms with Gasteiger partial charge >= 0.3 is 0 Å². The van der Waals surface area contributed by atoms with Crippen molar-refractivity contribution in [1.29, 1.82) is 0 Å². The zero-order valence-electron chi connectivity index (χ0n) is 13.9. The van der Waals surface area contributed by atoms with Gasteiger partial charge in [-0.1, -0.05) is 45.7 Å². The van der Waals surface area contributed by atoms with E-state index in [9.17, 15) is 4.79 Å². The fourth-order valence-corrected chi connectivity index (χ4v) is 3.29. The van der Waals surface area contributed by atoms with Crippen LogP contribution in [0.5, 0.6) is 0 Å². The Bertz CT molecular complexity index is 876. The minimum absolute atomic E-state index is 0.0291. The Morgan fingerprint density at radius 3 is 2.76 bits per heavy atom. The van der Waals surface area contributed by atoms with Gasteiger partial charge in [-0.3, -0.25) is 9.69 Å². The van der Waals surface area contributed by atoms with Gasteiger partial charge in [0.2, 0.25) is 5.91 Å². The van der Waals surface area contributed by atoms with Gasteiger partial charge in [-0.2, -0.15) is 0 Å². The number of fused-ring (bicyclic) bond motifs is 1. The number of rotatable bonds is 5. The second-order valence-electron chi connectivity index (χ2n) is 5.95. The van der Waals surface area contributed by atoms with Crippen LogP contribution in [0.1, 0.15) is 18.7 Å². The number of nitrogens with zero attached hydrogens (tertiary/aromatic N) is 1. The molecule has 0 spiro atoms. The molecule has 1 N–H and O–H groups in total. The summed E-state index contributed by atoms with van der Waals surface area (Å²) >= 11 is 9.49. The topological polar surface area (TPSA) is 45.5 Å². The number of furan rings is 1. The number of carbonyl (C=O) groups is 1. The smallest absolute Gasteiger partial charge is 0.238 e. The number of halogens is 2. The van der Waals surface area contributed by atoms with Gasteiger partial charge in [0, 0.05) is 9.86 Å². The first-order valence-electron chi connectivity index (χ1n) is 7.87. The average Bonchev–Trinajstić information content (AvgIpc) is 3.00. The van der Waals surface area contributed by atoms with E-state index in [1.807, 2.05) is 55.3 Å². The molecule has 1 amide bonds. The van der Waals surface area contributed by atoms with E-state index in [4.69, 9.17) is 16.0 Å². The molecule has 0 aliphatic carbocycles. The molecular weight excluding hydrogens is 404 g/mol. The summed E-state index contributed by atoms with van der Waals surface area (Å²) in [5.41, 5.74) is 1.45. The van der Waals surface area contributed by atoms with Crippen LogP contribution >= 0.6 is 27.5 Å².